The zero-order valence-electron chi connectivity index (χ0n) is 22.2. The molecule has 0 bridgehead atoms. The van der Waals surface area contributed by atoms with Crippen LogP contribution in [-0.2, 0) is 11.0 Å². The number of carbonyl (C=O) groups is 2. The van der Waals surface area contributed by atoms with Gasteiger partial charge in [-0.1, -0.05) is 18.2 Å². The molecule has 1 aliphatic rings. The number of benzene rings is 4. The van der Waals surface area contributed by atoms with Crippen molar-refractivity contribution in [3.63, 3.8) is 0 Å². The maximum Gasteiger partial charge on any atom is 0.416 e. The molecule has 5 rings (SSSR count). The zero-order valence-corrected chi connectivity index (χ0v) is 22.2. The lowest BCUT2D eigenvalue weighted by atomic mass is 9.99. The average Bonchev–Trinajstić information content (AvgIpc) is 3.20. The second-order valence-electron chi connectivity index (χ2n) is 9.81. The van der Waals surface area contributed by atoms with Crippen LogP contribution in [0.4, 0.5) is 30.2 Å². The van der Waals surface area contributed by atoms with Crippen LogP contribution in [0.2, 0.25) is 0 Å². The summed E-state index contributed by atoms with van der Waals surface area (Å²) >= 11 is 0. The largest absolute Gasteiger partial charge is 0.505 e. The van der Waals surface area contributed by atoms with E-state index in [1.807, 2.05) is 13.8 Å². The number of hydrogen-bond acceptors (Lipinski definition) is 5. The van der Waals surface area contributed by atoms with Gasteiger partial charge in [0.15, 0.2) is 5.71 Å². The highest BCUT2D eigenvalue weighted by atomic mass is 19.4. The molecular formula is C31H24F3N3O4. The number of nitrogens with zero attached hydrogens (tertiary/aromatic N) is 2. The lowest BCUT2D eigenvalue weighted by molar-refractivity contribution is -0.137. The minimum Gasteiger partial charge on any atom is -0.505 e. The quantitative estimate of drug-likeness (QED) is 0.177. The van der Waals surface area contributed by atoms with Gasteiger partial charge in [0.1, 0.15) is 5.75 Å². The predicted molar refractivity (Wildman–Crippen MR) is 150 cm³/mol. The van der Waals surface area contributed by atoms with Gasteiger partial charge < -0.3 is 10.2 Å². The molecule has 0 unspecified atom stereocenters. The Labute approximate surface area is 233 Å². The standard InChI is InChI=1S/C31H24F3N3O4/c1-16-11-24(19-5-4-6-20(14-19)30(40)41)28(38)25(12-16)35-36-27-23-10-8-21(31(32,33)34)15-26(23)37(29(27)39)22-9-7-17(2)18(3)13-22/h4-15,35,38H,1-3H3,(H,40,41)/b36-27-. The highest BCUT2D eigenvalue weighted by Crippen LogP contribution is 2.41. The van der Waals surface area contributed by atoms with Gasteiger partial charge >= 0.3 is 12.1 Å². The second kappa shape index (κ2) is 10.1. The molecule has 0 radical (unpaired) electrons. The Morgan fingerprint density at radius 2 is 1.66 bits per heavy atom. The van der Waals surface area contributed by atoms with Crippen LogP contribution >= 0.6 is 0 Å². The van der Waals surface area contributed by atoms with Gasteiger partial charge in [-0.05, 0) is 97.6 Å². The fourth-order valence-corrected chi connectivity index (χ4v) is 4.67. The summed E-state index contributed by atoms with van der Waals surface area (Å²) in [6.07, 6.45) is -4.62. The smallest absolute Gasteiger partial charge is 0.416 e. The Morgan fingerprint density at radius 1 is 0.902 bits per heavy atom. The number of phenolic OH excluding ortho intramolecular Hbond substituents is 1. The molecule has 10 heteroatoms. The third-order valence-corrected chi connectivity index (χ3v) is 6.94. The van der Waals surface area contributed by atoms with Crippen LogP contribution in [0.1, 0.15) is 38.2 Å². The maximum absolute atomic E-state index is 13.6. The van der Waals surface area contributed by atoms with E-state index >= 15 is 0 Å². The summed E-state index contributed by atoms with van der Waals surface area (Å²) in [5.41, 5.74) is 5.74. The van der Waals surface area contributed by atoms with Gasteiger partial charge in [-0.25, -0.2) is 4.79 Å². The summed E-state index contributed by atoms with van der Waals surface area (Å²) in [5.74, 6) is -2.01. The Kier molecular flexibility index (Phi) is 6.78. The summed E-state index contributed by atoms with van der Waals surface area (Å²) in [6.45, 7) is 5.49. The molecule has 1 amide bonds. The monoisotopic (exact) mass is 559 g/mol. The Morgan fingerprint density at radius 3 is 2.34 bits per heavy atom. The van der Waals surface area contributed by atoms with Crippen molar-refractivity contribution in [1.29, 1.82) is 0 Å². The number of nitrogens with one attached hydrogen (secondary N) is 1. The van der Waals surface area contributed by atoms with Gasteiger partial charge in [0.25, 0.3) is 5.91 Å². The molecule has 41 heavy (non-hydrogen) atoms. The number of anilines is 3. The van der Waals surface area contributed by atoms with Crippen LogP contribution in [0.15, 0.2) is 77.9 Å². The average molecular weight is 560 g/mol. The molecule has 1 aliphatic heterocycles. The van der Waals surface area contributed by atoms with E-state index in [0.717, 1.165) is 23.3 Å². The minimum absolute atomic E-state index is 0.0354. The first kappa shape index (κ1) is 27.4. The van der Waals surface area contributed by atoms with Crippen LogP contribution in [0, 0.1) is 20.8 Å². The zero-order chi connectivity index (χ0) is 29.6. The van der Waals surface area contributed by atoms with E-state index in [4.69, 9.17) is 0 Å². The second-order valence-corrected chi connectivity index (χ2v) is 9.81. The third-order valence-electron chi connectivity index (χ3n) is 6.94. The number of carboxylic acids is 1. The number of carbonyl (C=O) groups excluding carboxylic acids is 1. The van der Waals surface area contributed by atoms with Crippen molar-refractivity contribution in [3.05, 3.63) is 106 Å². The number of hydrazone groups is 1. The number of aromatic hydroxyl groups is 1. The number of alkyl halides is 3. The van der Waals surface area contributed by atoms with Crippen molar-refractivity contribution < 1.29 is 33.0 Å². The normalized spacial score (nSPS) is 14.0. The van der Waals surface area contributed by atoms with Crippen molar-refractivity contribution in [1.82, 2.24) is 0 Å². The first-order chi connectivity index (χ1) is 19.3. The number of aromatic carboxylic acids is 1. The molecule has 0 saturated heterocycles. The van der Waals surface area contributed by atoms with Crippen molar-refractivity contribution >= 4 is 34.7 Å². The van der Waals surface area contributed by atoms with Crippen molar-refractivity contribution in [2.75, 3.05) is 10.3 Å². The number of amides is 1. The molecule has 0 atom stereocenters. The summed E-state index contributed by atoms with van der Waals surface area (Å²) in [6, 6.07) is 17.5. The number of halogens is 3. The maximum atomic E-state index is 13.6. The molecule has 0 aromatic heterocycles. The molecule has 0 saturated carbocycles. The number of carboxylic acid groups (broad SMARTS) is 1. The lowest BCUT2D eigenvalue weighted by Gasteiger charge is -2.19. The predicted octanol–water partition coefficient (Wildman–Crippen LogP) is 7.20. The van der Waals surface area contributed by atoms with Crippen LogP contribution in [0.3, 0.4) is 0 Å². The number of hydrogen-bond donors (Lipinski definition) is 3. The molecule has 0 spiro atoms. The van der Waals surface area contributed by atoms with E-state index in [2.05, 4.69) is 10.5 Å². The van der Waals surface area contributed by atoms with E-state index in [9.17, 15) is 33.0 Å². The first-order valence-corrected chi connectivity index (χ1v) is 12.5. The molecular weight excluding hydrogens is 535 g/mol. The van der Waals surface area contributed by atoms with Gasteiger partial charge in [0.05, 0.1) is 22.5 Å². The number of aryl methyl sites for hydroxylation is 3. The molecule has 4 aromatic rings. The Balaban J connectivity index is 1.59. The number of phenols is 1. The molecule has 0 aliphatic carbocycles. The van der Waals surface area contributed by atoms with Crippen molar-refractivity contribution in [2.24, 2.45) is 5.10 Å². The van der Waals surface area contributed by atoms with Gasteiger partial charge in [0.2, 0.25) is 0 Å². The third kappa shape index (κ3) is 5.11. The fourth-order valence-electron chi connectivity index (χ4n) is 4.67. The van der Waals surface area contributed by atoms with E-state index in [1.165, 1.54) is 23.1 Å². The molecule has 208 valence electrons. The summed E-state index contributed by atoms with van der Waals surface area (Å²) in [7, 11) is 0. The van der Waals surface area contributed by atoms with Crippen LogP contribution in [0.5, 0.6) is 5.75 Å². The Hall–Kier alpha value is -5.12. The summed E-state index contributed by atoms with van der Waals surface area (Å²) in [4.78, 5) is 26.3. The number of rotatable bonds is 5. The summed E-state index contributed by atoms with van der Waals surface area (Å²) in [5, 5.41) is 24.6. The fraction of sp³-hybridized carbons (Fsp3) is 0.129. The highest BCUT2D eigenvalue weighted by Gasteiger charge is 2.39. The minimum atomic E-state index is -4.62. The van der Waals surface area contributed by atoms with E-state index in [-0.39, 0.29) is 34.0 Å². The van der Waals surface area contributed by atoms with Gasteiger partial charge in [-0.3, -0.25) is 15.1 Å². The molecule has 7 nitrogen and oxygen atoms in total. The van der Waals surface area contributed by atoms with Crippen LogP contribution in [-0.4, -0.2) is 27.8 Å². The van der Waals surface area contributed by atoms with Crippen LogP contribution in [0.25, 0.3) is 11.1 Å². The lowest BCUT2D eigenvalue weighted by Crippen LogP contribution is -2.26. The highest BCUT2D eigenvalue weighted by molar-refractivity contribution is 6.55. The Bertz CT molecular complexity index is 1760. The molecule has 1 heterocycles. The van der Waals surface area contributed by atoms with Crippen LogP contribution < -0.4 is 10.3 Å². The van der Waals surface area contributed by atoms with Crippen molar-refractivity contribution in [2.45, 2.75) is 26.9 Å². The SMILES string of the molecule is Cc1cc(N/N=C2\C(=O)N(c3ccc(C)c(C)c3)c3cc(C(F)(F)F)ccc32)c(O)c(-c2cccc(C(=O)O)c2)c1. The number of fused-ring (bicyclic) bond motifs is 1. The topological polar surface area (TPSA) is 102 Å². The van der Waals surface area contributed by atoms with Gasteiger partial charge in [-0.2, -0.15) is 18.3 Å². The first-order valence-electron chi connectivity index (χ1n) is 12.5. The van der Waals surface area contributed by atoms with E-state index < -0.39 is 23.6 Å². The van der Waals surface area contributed by atoms with Gasteiger partial charge in [-0.15, -0.1) is 0 Å². The van der Waals surface area contributed by atoms with Crippen molar-refractivity contribution in [3.8, 4) is 16.9 Å². The summed E-state index contributed by atoms with van der Waals surface area (Å²) < 4.78 is 40.8. The van der Waals surface area contributed by atoms with E-state index in [1.54, 1.807) is 49.4 Å². The van der Waals surface area contributed by atoms with E-state index in [0.29, 0.717) is 22.4 Å². The molecule has 0 fully saturated rings. The van der Waals surface area contributed by atoms with Gasteiger partial charge in [0, 0.05) is 16.8 Å². The molecule has 4 aromatic carbocycles. The molecule has 3 N–H and O–H groups in total.